The number of likely N-dealkylation sites (tertiary alicyclic amines) is 1. The molecule has 12 heteroatoms. The number of fused-ring (bicyclic) bond motifs is 1. The summed E-state index contributed by atoms with van der Waals surface area (Å²) in [6.45, 7) is 1.36. The van der Waals surface area contributed by atoms with Crippen molar-refractivity contribution in [3.8, 4) is 0 Å². The van der Waals surface area contributed by atoms with E-state index in [0.29, 0.717) is 32.5 Å². The first-order valence-electron chi connectivity index (χ1n) is 8.88. The molecule has 0 aliphatic carbocycles. The molecule has 2 atom stereocenters. The topological polar surface area (TPSA) is 89.8 Å². The summed E-state index contributed by atoms with van der Waals surface area (Å²) in [6, 6.07) is -0.318. The lowest BCUT2D eigenvalue weighted by Crippen LogP contribution is -2.53. The van der Waals surface area contributed by atoms with Crippen LogP contribution in [-0.4, -0.2) is 76.5 Å². The minimum atomic E-state index is -4.55. The van der Waals surface area contributed by atoms with E-state index < -0.39 is 18.1 Å². The number of ether oxygens (including phenoxy) is 2. The monoisotopic (exact) mass is 405 g/mol. The van der Waals surface area contributed by atoms with Gasteiger partial charge in [-0.2, -0.15) is 13.2 Å². The summed E-state index contributed by atoms with van der Waals surface area (Å²) in [4.78, 5) is 27.5. The smallest absolute Gasteiger partial charge is 0.451 e. The molecule has 9 nitrogen and oxygen atoms in total. The molecule has 1 fully saturated rings. The van der Waals surface area contributed by atoms with Gasteiger partial charge in [0.25, 0.3) is 0 Å². The first-order valence-corrected chi connectivity index (χ1v) is 8.88. The van der Waals surface area contributed by atoms with E-state index in [1.54, 1.807) is 4.90 Å². The Kier molecular flexibility index (Phi) is 5.77. The van der Waals surface area contributed by atoms with Gasteiger partial charge in [-0.15, -0.1) is 10.2 Å². The normalized spacial score (nSPS) is 23.2. The van der Waals surface area contributed by atoms with Crippen molar-refractivity contribution < 1.29 is 32.2 Å². The van der Waals surface area contributed by atoms with E-state index in [1.165, 1.54) is 14.2 Å². The predicted molar refractivity (Wildman–Crippen MR) is 87.9 cm³/mol. The average molecular weight is 405 g/mol. The average Bonchev–Trinajstić information content (AvgIpc) is 3.10. The Bertz CT molecular complexity index is 738. The van der Waals surface area contributed by atoms with E-state index in [2.05, 4.69) is 10.2 Å². The lowest BCUT2D eigenvalue weighted by atomic mass is 9.90. The first-order chi connectivity index (χ1) is 13.2. The number of amides is 1. The van der Waals surface area contributed by atoms with Crippen molar-refractivity contribution in [3.05, 3.63) is 11.6 Å². The zero-order valence-electron chi connectivity index (χ0n) is 15.6. The lowest BCUT2D eigenvalue weighted by molar-refractivity contribution is -0.148. The van der Waals surface area contributed by atoms with Gasteiger partial charge in [-0.25, -0.2) is 4.79 Å². The number of carbonyl (C=O) groups excluding carboxylic acids is 2. The molecule has 1 aromatic heterocycles. The van der Waals surface area contributed by atoms with Gasteiger partial charge in [0.2, 0.25) is 5.82 Å². The summed E-state index contributed by atoms with van der Waals surface area (Å²) in [5.41, 5.74) is 0. The molecule has 0 bridgehead atoms. The molecule has 3 heterocycles. The number of halogens is 3. The van der Waals surface area contributed by atoms with Crippen molar-refractivity contribution in [1.82, 2.24) is 24.6 Å². The van der Waals surface area contributed by atoms with Crippen LogP contribution in [-0.2, 0) is 33.5 Å². The van der Waals surface area contributed by atoms with Gasteiger partial charge < -0.3 is 18.9 Å². The molecule has 28 heavy (non-hydrogen) atoms. The number of piperidine rings is 1. The third kappa shape index (κ3) is 4.05. The predicted octanol–water partition coefficient (Wildman–Crippen LogP) is 1.13. The van der Waals surface area contributed by atoms with E-state index >= 15 is 0 Å². The molecule has 0 unspecified atom stereocenters. The number of methoxy groups -OCH3 is 2. The second-order valence-electron chi connectivity index (χ2n) is 6.89. The van der Waals surface area contributed by atoms with Crippen molar-refractivity contribution in [1.29, 1.82) is 0 Å². The van der Waals surface area contributed by atoms with Crippen LogP contribution in [0.5, 0.6) is 0 Å². The fourth-order valence-corrected chi connectivity index (χ4v) is 3.83. The molecule has 0 spiro atoms. The summed E-state index contributed by atoms with van der Waals surface area (Å²) < 4.78 is 49.6. The number of hydrogen-bond acceptors (Lipinski definition) is 7. The number of hydrogen-bond donors (Lipinski definition) is 0. The van der Waals surface area contributed by atoms with Gasteiger partial charge in [0, 0.05) is 32.2 Å². The minimum absolute atomic E-state index is 0.0998. The van der Waals surface area contributed by atoms with Crippen LogP contribution in [0.4, 0.5) is 18.0 Å². The second kappa shape index (κ2) is 7.94. The molecular formula is C16H22F3N5O4. The van der Waals surface area contributed by atoms with Gasteiger partial charge in [-0.1, -0.05) is 0 Å². The third-order valence-corrected chi connectivity index (χ3v) is 5.21. The van der Waals surface area contributed by atoms with Crippen LogP contribution >= 0.6 is 0 Å². The molecule has 2 aliphatic heterocycles. The Morgan fingerprint density at radius 3 is 2.54 bits per heavy atom. The van der Waals surface area contributed by atoms with Crippen LogP contribution in [0.25, 0.3) is 0 Å². The number of nitrogens with zero attached hydrogens (tertiary/aromatic N) is 5. The van der Waals surface area contributed by atoms with E-state index in [-0.39, 0.29) is 36.8 Å². The van der Waals surface area contributed by atoms with Crippen molar-refractivity contribution in [2.75, 3.05) is 33.9 Å². The summed E-state index contributed by atoms with van der Waals surface area (Å²) >= 11 is 0. The lowest BCUT2D eigenvalue weighted by Gasteiger charge is -2.40. The summed E-state index contributed by atoms with van der Waals surface area (Å²) in [6.07, 6.45) is -4.17. The third-order valence-electron chi connectivity index (χ3n) is 5.21. The van der Waals surface area contributed by atoms with Crippen molar-refractivity contribution in [3.63, 3.8) is 0 Å². The molecule has 3 rings (SSSR count). The fourth-order valence-electron chi connectivity index (χ4n) is 3.83. The zero-order chi connectivity index (χ0) is 20.5. The molecule has 0 saturated carbocycles. The van der Waals surface area contributed by atoms with E-state index in [9.17, 15) is 22.8 Å². The molecule has 0 N–H and O–H groups in total. The number of alkyl halides is 3. The number of aromatic nitrogens is 3. The van der Waals surface area contributed by atoms with Crippen LogP contribution in [0, 0.1) is 5.92 Å². The Labute approximate surface area is 159 Å². The van der Waals surface area contributed by atoms with Crippen LogP contribution in [0.15, 0.2) is 0 Å². The van der Waals surface area contributed by atoms with Gasteiger partial charge in [-0.3, -0.25) is 9.69 Å². The Balaban J connectivity index is 1.72. The number of carbonyl (C=O) groups is 2. The largest absolute Gasteiger partial charge is 0.469 e. The highest BCUT2D eigenvalue weighted by molar-refractivity contribution is 5.73. The zero-order valence-corrected chi connectivity index (χ0v) is 15.6. The second-order valence-corrected chi connectivity index (χ2v) is 6.89. The van der Waals surface area contributed by atoms with Gasteiger partial charge >= 0.3 is 18.2 Å². The first kappa shape index (κ1) is 20.4. The van der Waals surface area contributed by atoms with Gasteiger partial charge in [-0.05, 0) is 12.8 Å². The van der Waals surface area contributed by atoms with Gasteiger partial charge in [0.15, 0.2) is 0 Å². The Morgan fingerprint density at radius 2 is 1.89 bits per heavy atom. The standard InChI is InChI=1S/C16H22F3N5O4/c1-27-13(25)10-3-4-23(15(26)28-2)11(7-10)8-22-5-6-24-12(9-22)20-21-14(24)16(17,18)19/h10-11H,3-9H2,1-2H3/t10-,11-/m1/s1. The molecule has 156 valence electrons. The van der Waals surface area contributed by atoms with Crippen LogP contribution in [0.3, 0.4) is 0 Å². The Hall–Kier alpha value is -2.37. The van der Waals surface area contributed by atoms with E-state index in [4.69, 9.17) is 9.47 Å². The highest BCUT2D eigenvalue weighted by atomic mass is 19.4. The molecular weight excluding hydrogens is 383 g/mol. The van der Waals surface area contributed by atoms with E-state index in [0.717, 1.165) is 4.57 Å². The quantitative estimate of drug-likeness (QED) is 0.697. The van der Waals surface area contributed by atoms with E-state index in [1.807, 2.05) is 4.90 Å². The molecule has 0 radical (unpaired) electrons. The van der Waals surface area contributed by atoms with Gasteiger partial charge in [0.05, 0.1) is 26.7 Å². The maximum Gasteiger partial charge on any atom is 0.451 e. The number of esters is 1. The fraction of sp³-hybridized carbons (Fsp3) is 0.750. The van der Waals surface area contributed by atoms with Crippen LogP contribution in [0.1, 0.15) is 24.5 Å². The molecule has 1 amide bonds. The summed E-state index contributed by atoms with van der Waals surface area (Å²) in [5, 5.41) is 6.93. The summed E-state index contributed by atoms with van der Waals surface area (Å²) in [5.74, 6) is -1.44. The van der Waals surface area contributed by atoms with Crippen LogP contribution < -0.4 is 0 Å². The molecule has 1 aromatic rings. The van der Waals surface area contributed by atoms with Crippen molar-refractivity contribution >= 4 is 12.1 Å². The number of rotatable bonds is 3. The van der Waals surface area contributed by atoms with Gasteiger partial charge in [0.1, 0.15) is 5.82 Å². The van der Waals surface area contributed by atoms with Crippen LogP contribution in [0.2, 0.25) is 0 Å². The van der Waals surface area contributed by atoms with Crippen molar-refractivity contribution in [2.24, 2.45) is 5.92 Å². The minimum Gasteiger partial charge on any atom is -0.469 e. The maximum atomic E-state index is 13.0. The summed E-state index contributed by atoms with van der Waals surface area (Å²) in [7, 11) is 2.60. The molecule has 1 saturated heterocycles. The Morgan fingerprint density at radius 1 is 1.14 bits per heavy atom. The highest BCUT2D eigenvalue weighted by Crippen LogP contribution is 2.30. The molecule has 0 aromatic carbocycles. The molecule has 2 aliphatic rings. The highest BCUT2D eigenvalue weighted by Gasteiger charge is 2.41. The SMILES string of the molecule is COC(=O)[C@@H]1CCN(C(=O)OC)[C@@H](CN2CCn3c(nnc3C(F)(F)F)C2)C1. The maximum absolute atomic E-state index is 13.0. The van der Waals surface area contributed by atoms with Crippen molar-refractivity contribution in [2.45, 2.75) is 38.1 Å².